The molecule has 1 aliphatic heterocycles. The van der Waals surface area contributed by atoms with Gasteiger partial charge in [0.25, 0.3) is 0 Å². The molecule has 2 heterocycles. The van der Waals surface area contributed by atoms with Crippen LogP contribution in [-0.2, 0) is 0 Å². The van der Waals surface area contributed by atoms with Gasteiger partial charge in [-0.3, -0.25) is 10.00 Å². The van der Waals surface area contributed by atoms with E-state index in [2.05, 4.69) is 15.1 Å². The SMILES string of the molecule is Cc1n[nH]c(C)c1C1CCCN1CC(O)c1ccc(F)cc1. The number of likely N-dealkylation sites (tertiary alicyclic amines) is 1. The largest absolute Gasteiger partial charge is 0.387 e. The first kappa shape index (κ1) is 15.2. The molecule has 0 radical (unpaired) electrons. The van der Waals surface area contributed by atoms with Gasteiger partial charge in [-0.1, -0.05) is 12.1 Å². The van der Waals surface area contributed by atoms with Gasteiger partial charge in [0.15, 0.2) is 0 Å². The Kier molecular flexibility index (Phi) is 4.27. The molecule has 4 nitrogen and oxygen atoms in total. The van der Waals surface area contributed by atoms with Crippen molar-refractivity contribution < 1.29 is 9.50 Å². The molecule has 2 N–H and O–H groups in total. The Morgan fingerprint density at radius 1 is 1.36 bits per heavy atom. The second-order valence-electron chi connectivity index (χ2n) is 6.07. The fraction of sp³-hybridized carbons (Fsp3) is 0.471. The number of H-pyrrole nitrogens is 1. The summed E-state index contributed by atoms with van der Waals surface area (Å²) in [6, 6.07) is 6.39. The average molecular weight is 303 g/mol. The van der Waals surface area contributed by atoms with E-state index in [0.717, 1.165) is 36.3 Å². The molecule has 22 heavy (non-hydrogen) atoms. The van der Waals surface area contributed by atoms with Crippen molar-refractivity contribution in [2.75, 3.05) is 13.1 Å². The van der Waals surface area contributed by atoms with Crippen molar-refractivity contribution in [1.82, 2.24) is 15.1 Å². The summed E-state index contributed by atoms with van der Waals surface area (Å²) >= 11 is 0. The molecule has 1 fully saturated rings. The monoisotopic (exact) mass is 303 g/mol. The van der Waals surface area contributed by atoms with Crippen LogP contribution in [0.15, 0.2) is 24.3 Å². The quantitative estimate of drug-likeness (QED) is 0.913. The maximum atomic E-state index is 13.0. The summed E-state index contributed by atoms with van der Waals surface area (Å²) in [6.45, 7) is 5.58. The maximum absolute atomic E-state index is 13.0. The van der Waals surface area contributed by atoms with Gasteiger partial charge in [0.1, 0.15) is 5.82 Å². The second-order valence-corrected chi connectivity index (χ2v) is 6.07. The Morgan fingerprint density at radius 3 is 2.73 bits per heavy atom. The van der Waals surface area contributed by atoms with Gasteiger partial charge in [0.2, 0.25) is 0 Å². The van der Waals surface area contributed by atoms with Crippen molar-refractivity contribution >= 4 is 0 Å². The molecule has 1 saturated heterocycles. The normalized spacial score (nSPS) is 20.5. The zero-order valence-electron chi connectivity index (χ0n) is 13.0. The molecule has 1 aliphatic rings. The number of aliphatic hydroxyl groups is 1. The summed E-state index contributed by atoms with van der Waals surface area (Å²) in [5, 5.41) is 17.8. The lowest BCUT2D eigenvalue weighted by molar-refractivity contribution is 0.106. The van der Waals surface area contributed by atoms with Gasteiger partial charge in [-0.25, -0.2) is 4.39 Å². The third-order valence-corrected chi connectivity index (χ3v) is 4.54. The van der Waals surface area contributed by atoms with Crippen molar-refractivity contribution in [3.8, 4) is 0 Å². The van der Waals surface area contributed by atoms with E-state index in [1.54, 1.807) is 12.1 Å². The number of β-amino-alcohol motifs (C(OH)–C–C–N with tert-alkyl or cyclic N) is 1. The first-order valence-corrected chi connectivity index (χ1v) is 7.75. The van der Waals surface area contributed by atoms with Gasteiger partial charge in [-0.05, 0) is 50.9 Å². The number of hydrogen-bond acceptors (Lipinski definition) is 3. The Balaban J connectivity index is 1.75. The summed E-state index contributed by atoms with van der Waals surface area (Å²) in [7, 11) is 0. The zero-order chi connectivity index (χ0) is 15.7. The number of hydrogen-bond donors (Lipinski definition) is 2. The van der Waals surface area contributed by atoms with Crippen molar-refractivity contribution in [2.24, 2.45) is 0 Å². The van der Waals surface area contributed by atoms with Gasteiger partial charge >= 0.3 is 0 Å². The van der Waals surface area contributed by atoms with Crippen LogP contribution >= 0.6 is 0 Å². The predicted molar refractivity (Wildman–Crippen MR) is 83.0 cm³/mol. The number of halogens is 1. The Labute approximate surface area is 130 Å². The van der Waals surface area contributed by atoms with Crippen LogP contribution in [-0.4, -0.2) is 33.3 Å². The third-order valence-electron chi connectivity index (χ3n) is 4.54. The molecule has 5 heteroatoms. The van der Waals surface area contributed by atoms with Crippen LogP contribution in [0.2, 0.25) is 0 Å². The van der Waals surface area contributed by atoms with E-state index in [1.165, 1.54) is 17.7 Å². The van der Waals surface area contributed by atoms with E-state index < -0.39 is 6.10 Å². The second kappa shape index (κ2) is 6.18. The fourth-order valence-corrected chi connectivity index (χ4v) is 3.43. The first-order chi connectivity index (χ1) is 10.6. The summed E-state index contributed by atoms with van der Waals surface area (Å²) in [5.41, 5.74) is 4.15. The van der Waals surface area contributed by atoms with E-state index in [4.69, 9.17) is 0 Å². The van der Waals surface area contributed by atoms with Crippen LogP contribution in [0.1, 0.15) is 47.5 Å². The molecular weight excluding hydrogens is 281 g/mol. The van der Waals surface area contributed by atoms with Crippen LogP contribution in [0.3, 0.4) is 0 Å². The summed E-state index contributed by atoms with van der Waals surface area (Å²) < 4.78 is 13.0. The molecule has 1 aromatic carbocycles. The molecular formula is C17H22FN3O. The van der Waals surface area contributed by atoms with Crippen molar-refractivity contribution in [1.29, 1.82) is 0 Å². The molecule has 118 valence electrons. The number of aromatic nitrogens is 2. The molecule has 3 rings (SSSR count). The van der Waals surface area contributed by atoms with Crippen LogP contribution in [0.5, 0.6) is 0 Å². The number of aliphatic hydroxyl groups excluding tert-OH is 1. The molecule has 2 unspecified atom stereocenters. The maximum Gasteiger partial charge on any atom is 0.123 e. The minimum Gasteiger partial charge on any atom is -0.387 e. The molecule has 0 saturated carbocycles. The molecule has 0 aliphatic carbocycles. The minimum absolute atomic E-state index is 0.278. The highest BCUT2D eigenvalue weighted by Gasteiger charge is 2.31. The average Bonchev–Trinajstić information content (AvgIpc) is 3.06. The van der Waals surface area contributed by atoms with Gasteiger partial charge in [-0.2, -0.15) is 5.10 Å². The summed E-state index contributed by atoms with van der Waals surface area (Å²) in [6.07, 6.45) is 1.59. The summed E-state index contributed by atoms with van der Waals surface area (Å²) in [5.74, 6) is -0.278. The number of benzene rings is 1. The lowest BCUT2D eigenvalue weighted by atomic mass is 10.0. The van der Waals surface area contributed by atoms with E-state index in [1.807, 2.05) is 13.8 Å². The molecule has 2 aromatic rings. The van der Waals surface area contributed by atoms with Crippen LogP contribution in [0, 0.1) is 19.7 Å². The molecule has 0 amide bonds. The highest BCUT2D eigenvalue weighted by molar-refractivity contribution is 5.28. The third kappa shape index (κ3) is 2.91. The highest BCUT2D eigenvalue weighted by atomic mass is 19.1. The Morgan fingerprint density at radius 2 is 2.09 bits per heavy atom. The Hall–Kier alpha value is -1.72. The van der Waals surface area contributed by atoms with Crippen LogP contribution < -0.4 is 0 Å². The van der Waals surface area contributed by atoms with Gasteiger partial charge in [-0.15, -0.1) is 0 Å². The summed E-state index contributed by atoms with van der Waals surface area (Å²) in [4.78, 5) is 2.30. The first-order valence-electron chi connectivity index (χ1n) is 7.75. The van der Waals surface area contributed by atoms with E-state index in [9.17, 15) is 9.50 Å². The van der Waals surface area contributed by atoms with Crippen molar-refractivity contribution in [2.45, 2.75) is 38.8 Å². The van der Waals surface area contributed by atoms with Crippen LogP contribution in [0.4, 0.5) is 4.39 Å². The van der Waals surface area contributed by atoms with Gasteiger partial charge in [0.05, 0.1) is 11.8 Å². The molecule has 2 atom stereocenters. The topological polar surface area (TPSA) is 52.2 Å². The smallest absolute Gasteiger partial charge is 0.123 e. The Bertz CT molecular complexity index is 618. The minimum atomic E-state index is -0.603. The molecule has 1 aromatic heterocycles. The predicted octanol–water partition coefficient (Wildman–Crippen LogP) is 3.04. The standard InChI is InChI=1S/C17H22FN3O/c1-11-17(12(2)20-19-11)15-4-3-9-21(15)10-16(22)13-5-7-14(18)8-6-13/h5-8,15-16,22H,3-4,9-10H2,1-2H3,(H,19,20). The lowest BCUT2D eigenvalue weighted by Crippen LogP contribution is -2.29. The van der Waals surface area contributed by atoms with Crippen molar-refractivity contribution in [3.63, 3.8) is 0 Å². The zero-order valence-corrected chi connectivity index (χ0v) is 13.0. The van der Waals surface area contributed by atoms with Crippen molar-refractivity contribution in [3.05, 3.63) is 52.6 Å². The number of rotatable bonds is 4. The van der Waals surface area contributed by atoms with Gasteiger partial charge < -0.3 is 5.11 Å². The molecule has 0 spiro atoms. The number of nitrogens with zero attached hydrogens (tertiary/aromatic N) is 2. The highest BCUT2D eigenvalue weighted by Crippen LogP contribution is 2.35. The van der Waals surface area contributed by atoms with E-state index in [-0.39, 0.29) is 5.82 Å². The van der Waals surface area contributed by atoms with E-state index >= 15 is 0 Å². The number of nitrogens with one attached hydrogen (secondary N) is 1. The fourth-order valence-electron chi connectivity index (χ4n) is 3.43. The van der Waals surface area contributed by atoms with E-state index in [0.29, 0.717) is 12.6 Å². The molecule has 0 bridgehead atoms. The van der Waals surface area contributed by atoms with Crippen LogP contribution in [0.25, 0.3) is 0 Å². The van der Waals surface area contributed by atoms with Gasteiger partial charge in [0, 0.05) is 23.8 Å². The number of aryl methyl sites for hydroxylation is 2. The lowest BCUT2D eigenvalue weighted by Gasteiger charge is -2.27. The number of aromatic amines is 1.